The molecule has 1 heterocycles. The van der Waals surface area contributed by atoms with Gasteiger partial charge in [0.05, 0.1) is 13.2 Å². The van der Waals surface area contributed by atoms with Crippen LogP contribution in [-0.2, 0) is 4.74 Å². The lowest BCUT2D eigenvalue weighted by molar-refractivity contribution is -0.0288. The van der Waals surface area contributed by atoms with Gasteiger partial charge in [0.2, 0.25) is 0 Å². The van der Waals surface area contributed by atoms with E-state index in [1.54, 1.807) is 0 Å². The zero-order chi connectivity index (χ0) is 16.6. The van der Waals surface area contributed by atoms with Crippen LogP contribution in [0.25, 0.3) is 0 Å². The first-order chi connectivity index (χ1) is 11.7. The van der Waals surface area contributed by atoms with Crippen LogP contribution in [0.5, 0.6) is 0 Å². The van der Waals surface area contributed by atoms with Crippen molar-refractivity contribution in [2.75, 3.05) is 26.3 Å². The number of allylic oxidation sites excluding steroid dienone is 3. The fourth-order valence-electron chi connectivity index (χ4n) is 6.02. The van der Waals surface area contributed by atoms with E-state index in [2.05, 4.69) is 29.3 Å². The van der Waals surface area contributed by atoms with E-state index < -0.39 is 0 Å². The lowest BCUT2D eigenvalue weighted by Gasteiger charge is -2.57. The Morgan fingerprint density at radius 2 is 1.50 bits per heavy atom. The third-order valence-electron chi connectivity index (χ3n) is 6.60. The Balaban J connectivity index is 1.66. The van der Waals surface area contributed by atoms with E-state index in [4.69, 9.17) is 4.74 Å². The summed E-state index contributed by atoms with van der Waals surface area (Å²) in [6.45, 7) is 3.28. The quantitative estimate of drug-likeness (QED) is 0.590. The molecule has 0 aromatic carbocycles. The minimum Gasteiger partial charge on any atom is -0.378 e. The van der Waals surface area contributed by atoms with E-state index in [-0.39, 0.29) is 5.41 Å². The predicted molar refractivity (Wildman–Crippen MR) is 90.4 cm³/mol. The zero-order valence-corrected chi connectivity index (χ0v) is 14.2. The molecule has 0 atom stereocenters. The van der Waals surface area contributed by atoms with Crippen LogP contribution in [0.3, 0.4) is 0 Å². The van der Waals surface area contributed by atoms with Gasteiger partial charge in [-0.05, 0) is 79.5 Å². The van der Waals surface area contributed by atoms with Gasteiger partial charge in [-0.3, -0.25) is 0 Å². The maximum Gasteiger partial charge on any atom is 0.133 e. The molecule has 4 nitrogen and oxygen atoms in total. The Morgan fingerprint density at radius 3 is 2.00 bits per heavy atom. The molecule has 0 unspecified atom stereocenters. The zero-order valence-electron chi connectivity index (χ0n) is 14.2. The largest absolute Gasteiger partial charge is 0.378 e. The minimum absolute atomic E-state index is 0.0817. The average molecular weight is 323 g/mol. The van der Waals surface area contributed by atoms with Crippen LogP contribution in [-0.4, -0.2) is 31.2 Å². The van der Waals surface area contributed by atoms with Gasteiger partial charge < -0.3 is 9.64 Å². The lowest BCUT2D eigenvalue weighted by Crippen LogP contribution is -2.47. The highest BCUT2D eigenvalue weighted by atomic mass is 16.5. The summed E-state index contributed by atoms with van der Waals surface area (Å²) in [5, 5.41) is 19.1. The third kappa shape index (κ3) is 2.74. The Morgan fingerprint density at radius 1 is 0.958 bits per heavy atom. The summed E-state index contributed by atoms with van der Waals surface area (Å²) in [7, 11) is 0. The highest BCUT2D eigenvalue weighted by Gasteiger charge is 2.52. The molecular formula is C20H25N3O. The molecule has 4 saturated carbocycles. The van der Waals surface area contributed by atoms with Crippen molar-refractivity contribution in [1.29, 1.82) is 10.5 Å². The van der Waals surface area contributed by atoms with E-state index in [0.29, 0.717) is 5.57 Å². The molecule has 5 aliphatic rings. The molecule has 24 heavy (non-hydrogen) atoms. The Hall–Kier alpha value is -1.78. The van der Waals surface area contributed by atoms with Crippen molar-refractivity contribution < 1.29 is 4.74 Å². The maximum absolute atomic E-state index is 9.54. The molecule has 5 rings (SSSR count). The molecule has 0 radical (unpaired) electrons. The molecular weight excluding hydrogens is 298 g/mol. The summed E-state index contributed by atoms with van der Waals surface area (Å²) >= 11 is 0. The van der Waals surface area contributed by atoms with Gasteiger partial charge in [-0.15, -0.1) is 0 Å². The van der Waals surface area contributed by atoms with Gasteiger partial charge in [-0.2, -0.15) is 10.5 Å². The van der Waals surface area contributed by atoms with Crippen molar-refractivity contribution in [2.24, 2.45) is 23.2 Å². The number of nitrogens with zero attached hydrogens (tertiary/aromatic N) is 3. The first-order valence-electron chi connectivity index (χ1n) is 9.27. The summed E-state index contributed by atoms with van der Waals surface area (Å²) in [6, 6.07) is 4.38. The summed E-state index contributed by atoms with van der Waals surface area (Å²) in [6.07, 6.45) is 11.8. The number of hydrogen-bond donors (Lipinski definition) is 0. The summed E-state index contributed by atoms with van der Waals surface area (Å²) in [4.78, 5) is 2.25. The third-order valence-corrected chi connectivity index (χ3v) is 6.60. The summed E-state index contributed by atoms with van der Waals surface area (Å²) in [5.41, 5.74) is 1.44. The van der Waals surface area contributed by atoms with Gasteiger partial charge in [0.25, 0.3) is 0 Å². The predicted octanol–water partition coefficient (Wildman–Crippen LogP) is 3.39. The molecule has 0 N–H and O–H groups in total. The van der Waals surface area contributed by atoms with Crippen molar-refractivity contribution in [1.82, 2.24) is 4.90 Å². The van der Waals surface area contributed by atoms with Crippen LogP contribution in [0, 0.1) is 45.8 Å². The molecule has 1 saturated heterocycles. The molecule has 4 heteroatoms. The van der Waals surface area contributed by atoms with E-state index >= 15 is 0 Å². The number of ether oxygens (including phenoxy) is 1. The molecule has 4 aliphatic carbocycles. The standard InChI is InChI=1S/C20H25N3O/c21-13-18(14-22)19(1-2-23-3-5-24-6-4-23)20-10-15-7-16(11-20)9-17(8-15)12-20/h1-2,15-17H,3-12H2/b2-1+. The van der Waals surface area contributed by atoms with Crippen LogP contribution >= 0.6 is 0 Å². The summed E-state index contributed by atoms with van der Waals surface area (Å²) < 4.78 is 5.40. The fourth-order valence-corrected chi connectivity index (χ4v) is 6.02. The first kappa shape index (κ1) is 15.7. The van der Waals surface area contributed by atoms with Crippen LogP contribution in [0.4, 0.5) is 0 Å². The minimum atomic E-state index is 0.0817. The normalized spacial score (nSPS) is 37.2. The van der Waals surface area contributed by atoms with Crippen molar-refractivity contribution in [3.63, 3.8) is 0 Å². The van der Waals surface area contributed by atoms with Gasteiger partial charge in [0, 0.05) is 13.1 Å². The second-order valence-electron chi connectivity index (χ2n) is 8.17. The molecule has 0 aromatic heterocycles. The molecule has 0 spiro atoms. The van der Waals surface area contributed by atoms with Crippen LogP contribution in [0.2, 0.25) is 0 Å². The van der Waals surface area contributed by atoms with Gasteiger partial charge in [-0.25, -0.2) is 0 Å². The van der Waals surface area contributed by atoms with Crippen molar-refractivity contribution in [3.8, 4) is 12.1 Å². The number of morpholine rings is 1. The second-order valence-corrected chi connectivity index (χ2v) is 8.17. The summed E-state index contributed by atoms with van der Waals surface area (Å²) in [5.74, 6) is 2.42. The van der Waals surface area contributed by atoms with Gasteiger partial charge >= 0.3 is 0 Å². The van der Waals surface area contributed by atoms with E-state index in [9.17, 15) is 10.5 Å². The smallest absolute Gasteiger partial charge is 0.133 e. The number of hydrogen-bond acceptors (Lipinski definition) is 4. The molecule has 0 aromatic rings. The average Bonchev–Trinajstić information content (AvgIpc) is 2.58. The monoisotopic (exact) mass is 323 g/mol. The topological polar surface area (TPSA) is 60.0 Å². The van der Waals surface area contributed by atoms with E-state index in [1.165, 1.54) is 38.5 Å². The van der Waals surface area contributed by atoms with Gasteiger partial charge in [-0.1, -0.05) is 0 Å². The molecule has 0 amide bonds. The van der Waals surface area contributed by atoms with Crippen LogP contribution in [0.1, 0.15) is 38.5 Å². The molecule has 126 valence electrons. The fraction of sp³-hybridized carbons (Fsp3) is 0.700. The number of nitriles is 2. The van der Waals surface area contributed by atoms with E-state index in [1.807, 2.05) is 0 Å². The van der Waals surface area contributed by atoms with E-state index in [0.717, 1.165) is 49.6 Å². The number of rotatable bonds is 3. The van der Waals surface area contributed by atoms with Crippen LogP contribution < -0.4 is 0 Å². The highest BCUT2D eigenvalue weighted by molar-refractivity contribution is 5.48. The van der Waals surface area contributed by atoms with Gasteiger partial charge in [0.15, 0.2) is 0 Å². The molecule has 1 aliphatic heterocycles. The Bertz CT molecular complexity index is 591. The Kier molecular flexibility index (Phi) is 4.10. The SMILES string of the molecule is N#CC(C#N)=C(/C=C/N1CCOCC1)C12CC3CC(CC(C3)C1)C2. The molecule has 4 bridgehead atoms. The first-order valence-corrected chi connectivity index (χ1v) is 9.27. The maximum atomic E-state index is 9.54. The highest BCUT2D eigenvalue weighted by Crippen LogP contribution is 2.63. The van der Waals surface area contributed by atoms with Crippen LogP contribution in [0.15, 0.2) is 23.4 Å². The van der Waals surface area contributed by atoms with Crippen molar-refractivity contribution >= 4 is 0 Å². The Labute approximate surface area is 144 Å². The second kappa shape index (κ2) is 6.26. The van der Waals surface area contributed by atoms with Gasteiger partial charge in [0.1, 0.15) is 17.7 Å². The van der Waals surface area contributed by atoms with Crippen molar-refractivity contribution in [3.05, 3.63) is 23.4 Å². The molecule has 5 fully saturated rings. The lowest BCUT2D eigenvalue weighted by atomic mass is 9.47. The van der Waals surface area contributed by atoms with Crippen molar-refractivity contribution in [2.45, 2.75) is 38.5 Å².